The van der Waals surface area contributed by atoms with Crippen LogP contribution in [0.15, 0.2) is 53.0 Å². The molecule has 0 saturated heterocycles. The third kappa shape index (κ3) is 4.47. The molecule has 0 amide bonds. The Bertz CT molecular complexity index is 686. The van der Waals surface area contributed by atoms with E-state index < -0.39 is 0 Å². The Morgan fingerprint density at radius 2 is 2.00 bits per heavy atom. The minimum Gasteiger partial charge on any atom is -0.493 e. The summed E-state index contributed by atoms with van der Waals surface area (Å²) in [6.45, 7) is 2.82. The van der Waals surface area contributed by atoms with E-state index in [-0.39, 0.29) is 0 Å². The molecule has 0 saturated carbocycles. The summed E-state index contributed by atoms with van der Waals surface area (Å²) in [4.78, 5) is 0. The van der Waals surface area contributed by atoms with Gasteiger partial charge in [-0.1, -0.05) is 59.6 Å². The molecular formula is C19H18BrNO. The smallest absolute Gasteiger partial charge is 0.126 e. The van der Waals surface area contributed by atoms with E-state index in [2.05, 4.69) is 28.9 Å². The van der Waals surface area contributed by atoms with Crippen molar-refractivity contribution in [2.24, 2.45) is 0 Å². The molecule has 112 valence electrons. The molecule has 0 radical (unpaired) electrons. The first-order valence-corrected chi connectivity index (χ1v) is 8.13. The van der Waals surface area contributed by atoms with Crippen molar-refractivity contribution in [3.05, 3.63) is 64.1 Å². The summed E-state index contributed by atoms with van der Waals surface area (Å²) in [5.74, 6) is 0.806. The molecule has 3 heteroatoms. The summed E-state index contributed by atoms with van der Waals surface area (Å²) >= 11 is 3.48. The number of ether oxygens (including phenoxy) is 1. The van der Waals surface area contributed by atoms with E-state index in [9.17, 15) is 5.26 Å². The Balaban J connectivity index is 2.35. The standard InChI is InChI=1S/C19H18BrNO/c1-2-3-11-22-19-10-9-18(20)13-16(19)12-17(14-21)15-7-5-4-6-8-15/h4-10,12-13H,2-3,11H2,1H3. The van der Waals surface area contributed by atoms with Crippen LogP contribution in [0, 0.1) is 11.3 Å². The van der Waals surface area contributed by atoms with Gasteiger partial charge in [0.1, 0.15) is 5.75 Å². The maximum absolute atomic E-state index is 9.44. The van der Waals surface area contributed by atoms with Crippen molar-refractivity contribution in [2.75, 3.05) is 6.61 Å². The molecule has 2 nitrogen and oxygen atoms in total. The molecular weight excluding hydrogens is 338 g/mol. The molecule has 22 heavy (non-hydrogen) atoms. The van der Waals surface area contributed by atoms with Crippen LogP contribution in [0.4, 0.5) is 0 Å². The maximum atomic E-state index is 9.44. The van der Waals surface area contributed by atoms with Gasteiger partial charge >= 0.3 is 0 Å². The number of hydrogen-bond donors (Lipinski definition) is 0. The molecule has 0 N–H and O–H groups in total. The molecule has 2 aromatic rings. The third-order valence-corrected chi connectivity index (χ3v) is 3.73. The van der Waals surface area contributed by atoms with E-state index in [1.54, 1.807) is 0 Å². The number of nitrogens with zero attached hydrogens (tertiary/aromatic N) is 1. The minimum absolute atomic E-state index is 0.624. The second kappa shape index (κ2) is 8.41. The first-order chi connectivity index (χ1) is 10.7. The highest BCUT2D eigenvalue weighted by Gasteiger charge is 2.06. The van der Waals surface area contributed by atoms with Crippen molar-refractivity contribution in [2.45, 2.75) is 19.8 Å². The Labute approximate surface area is 140 Å². The van der Waals surface area contributed by atoms with Gasteiger partial charge in [0.15, 0.2) is 0 Å². The monoisotopic (exact) mass is 355 g/mol. The molecule has 0 unspecified atom stereocenters. The zero-order chi connectivity index (χ0) is 15.8. The molecule has 0 atom stereocenters. The molecule has 0 aliphatic heterocycles. The van der Waals surface area contributed by atoms with Gasteiger partial charge in [-0.05, 0) is 36.3 Å². The molecule has 0 aliphatic rings. The predicted octanol–water partition coefficient (Wildman–Crippen LogP) is 5.69. The van der Waals surface area contributed by atoms with Gasteiger partial charge in [-0.2, -0.15) is 5.26 Å². The van der Waals surface area contributed by atoms with Crippen LogP contribution >= 0.6 is 15.9 Å². The number of unbranched alkanes of at least 4 members (excludes halogenated alkanes) is 1. The van der Waals surface area contributed by atoms with Crippen LogP contribution in [0.25, 0.3) is 11.6 Å². The highest BCUT2D eigenvalue weighted by Crippen LogP contribution is 2.28. The Hall–Kier alpha value is -2.05. The van der Waals surface area contributed by atoms with Crippen molar-refractivity contribution >= 4 is 27.6 Å². The summed E-state index contributed by atoms with van der Waals surface area (Å²) in [6.07, 6.45) is 3.99. The SMILES string of the molecule is CCCCOc1ccc(Br)cc1C=C(C#N)c1ccccc1. The van der Waals surface area contributed by atoms with Crippen LogP contribution in [0.5, 0.6) is 5.75 Å². The van der Waals surface area contributed by atoms with Crippen molar-refractivity contribution < 1.29 is 4.74 Å². The average Bonchev–Trinajstić information content (AvgIpc) is 2.55. The molecule has 0 bridgehead atoms. The van der Waals surface area contributed by atoms with Crippen molar-refractivity contribution in [3.63, 3.8) is 0 Å². The zero-order valence-electron chi connectivity index (χ0n) is 12.6. The summed E-state index contributed by atoms with van der Waals surface area (Å²) in [7, 11) is 0. The summed E-state index contributed by atoms with van der Waals surface area (Å²) in [5.41, 5.74) is 2.44. The topological polar surface area (TPSA) is 33.0 Å². The molecule has 0 aliphatic carbocycles. The van der Waals surface area contributed by atoms with Gasteiger partial charge < -0.3 is 4.74 Å². The average molecular weight is 356 g/mol. The first-order valence-electron chi connectivity index (χ1n) is 7.34. The highest BCUT2D eigenvalue weighted by molar-refractivity contribution is 9.10. The first kappa shape index (κ1) is 16.3. The van der Waals surface area contributed by atoms with Crippen LogP contribution in [0.1, 0.15) is 30.9 Å². The third-order valence-electron chi connectivity index (χ3n) is 3.23. The van der Waals surface area contributed by atoms with Crippen LogP contribution < -0.4 is 4.74 Å². The van der Waals surface area contributed by atoms with E-state index in [1.165, 1.54) is 0 Å². The normalized spacial score (nSPS) is 11.0. The Morgan fingerprint density at radius 3 is 2.68 bits per heavy atom. The van der Waals surface area contributed by atoms with Crippen molar-refractivity contribution in [1.29, 1.82) is 5.26 Å². The summed E-state index contributed by atoms with van der Waals surface area (Å²) < 4.78 is 6.80. The van der Waals surface area contributed by atoms with E-state index >= 15 is 0 Å². The lowest BCUT2D eigenvalue weighted by molar-refractivity contribution is 0.309. The van der Waals surface area contributed by atoms with Gasteiger partial charge in [-0.3, -0.25) is 0 Å². The van der Waals surface area contributed by atoms with Gasteiger partial charge in [0.2, 0.25) is 0 Å². The van der Waals surface area contributed by atoms with E-state index in [0.29, 0.717) is 12.2 Å². The number of rotatable bonds is 6. The number of benzene rings is 2. The van der Waals surface area contributed by atoms with Crippen LogP contribution in [-0.4, -0.2) is 6.61 Å². The van der Waals surface area contributed by atoms with Gasteiger partial charge in [0.05, 0.1) is 18.2 Å². The second-order valence-electron chi connectivity index (χ2n) is 4.92. The lowest BCUT2D eigenvalue weighted by Gasteiger charge is -2.10. The van der Waals surface area contributed by atoms with E-state index in [1.807, 2.05) is 54.6 Å². The number of allylic oxidation sites excluding steroid dienone is 1. The van der Waals surface area contributed by atoms with Gasteiger partial charge in [0, 0.05) is 10.0 Å². The Kier molecular flexibility index (Phi) is 6.24. The van der Waals surface area contributed by atoms with Crippen LogP contribution in [0.2, 0.25) is 0 Å². The highest BCUT2D eigenvalue weighted by atomic mass is 79.9. The quantitative estimate of drug-likeness (QED) is 0.378. The van der Waals surface area contributed by atoms with Crippen LogP contribution in [-0.2, 0) is 0 Å². The molecule has 2 rings (SSSR count). The summed E-state index contributed by atoms with van der Waals surface area (Å²) in [5, 5.41) is 9.44. The van der Waals surface area contributed by atoms with Crippen LogP contribution in [0.3, 0.4) is 0 Å². The fourth-order valence-electron chi connectivity index (χ4n) is 2.04. The molecule has 0 spiro atoms. The number of nitriles is 1. The minimum atomic E-state index is 0.624. The molecule has 0 fully saturated rings. The van der Waals surface area contributed by atoms with E-state index in [0.717, 1.165) is 34.2 Å². The Morgan fingerprint density at radius 1 is 1.23 bits per heavy atom. The summed E-state index contributed by atoms with van der Waals surface area (Å²) in [6, 6.07) is 17.8. The van der Waals surface area contributed by atoms with Gasteiger partial charge in [0.25, 0.3) is 0 Å². The van der Waals surface area contributed by atoms with Gasteiger partial charge in [-0.25, -0.2) is 0 Å². The number of hydrogen-bond acceptors (Lipinski definition) is 2. The van der Waals surface area contributed by atoms with E-state index in [4.69, 9.17) is 4.74 Å². The molecule has 0 aromatic heterocycles. The fraction of sp³-hybridized carbons (Fsp3) is 0.211. The lowest BCUT2D eigenvalue weighted by Crippen LogP contribution is -1.98. The van der Waals surface area contributed by atoms with Crippen molar-refractivity contribution in [3.8, 4) is 11.8 Å². The maximum Gasteiger partial charge on any atom is 0.126 e. The second-order valence-corrected chi connectivity index (χ2v) is 5.84. The largest absolute Gasteiger partial charge is 0.493 e. The predicted molar refractivity (Wildman–Crippen MR) is 94.5 cm³/mol. The molecule has 0 heterocycles. The van der Waals surface area contributed by atoms with Gasteiger partial charge in [-0.15, -0.1) is 0 Å². The number of halogens is 1. The lowest BCUT2D eigenvalue weighted by atomic mass is 10.0. The fourth-order valence-corrected chi connectivity index (χ4v) is 2.42. The zero-order valence-corrected chi connectivity index (χ0v) is 14.1. The molecule has 2 aromatic carbocycles. The van der Waals surface area contributed by atoms with Crippen molar-refractivity contribution in [1.82, 2.24) is 0 Å².